The van der Waals surface area contributed by atoms with Gasteiger partial charge in [-0.15, -0.1) is 0 Å². The Bertz CT molecular complexity index is 1930. The van der Waals surface area contributed by atoms with E-state index in [2.05, 4.69) is 148 Å². The number of aliphatic hydroxyl groups is 2. The molecule has 0 aromatic rings. The number of hydrogen-bond acceptors (Lipinski definition) is 11. The molecule has 1 rings (SSSR count). The number of carboxylic acids is 1. The summed E-state index contributed by atoms with van der Waals surface area (Å²) in [5.41, 5.74) is 0. The fraction of sp³-hybridized carbons (Fsp3) is 0.582. The van der Waals surface area contributed by atoms with Gasteiger partial charge in [0.05, 0.1) is 6.61 Å². The Morgan fingerprint density at radius 2 is 0.785 bits per heavy atom. The van der Waals surface area contributed by atoms with Gasteiger partial charge in [-0.05, 0) is 122 Å². The highest BCUT2D eigenvalue weighted by molar-refractivity contribution is 5.74. The lowest BCUT2D eigenvalue weighted by atomic mass is 9.98. The van der Waals surface area contributed by atoms with Gasteiger partial charge in [-0.3, -0.25) is 14.4 Å². The molecule has 12 nitrogen and oxygen atoms in total. The molecule has 442 valence electrons. The second kappa shape index (κ2) is 53.3. The lowest BCUT2D eigenvalue weighted by molar-refractivity contribution is -0.301. The molecule has 0 radical (unpaired) electrons. The van der Waals surface area contributed by atoms with Crippen LogP contribution in [0.3, 0.4) is 0 Å². The summed E-state index contributed by atoms with van der Waals surface area (Å²) in [6, 6.07) is 0. The van der Waals surface area contributed by atoms with E-state index in [4.69, 9.17) is 23.7 Å². The lowest BCUT2D eigenvalue weighted by Crippen LogP contribution is -2.61. The quantitative estimate of drug-likeness (QED) is 0.0228. The summed E-state index contributed by atoms with van der Waals surface area (Å²) < 4.78 is 28.3. The van der Waals surface area contributed by atoms with Crippen LogP contribution >= 0.6 is 0 Å². The Morgan fingerprint density at radius 1 is 0.418 bits per heavy atom. The van der Waals surface area contributed by atoms with Crippen LogP contribution in [0.4, 0.5) is 0 Å². The summed E-state index contributed by atoms with van der Waals surface area (Å²) in [5.74, 6) is -3.30. The molecule has 1 aliphatic rings. The number of carboxylic acid groups (broad SMARTS) is 1. The number of aliphatic hydroxyl groups excluding tert-OH is 2. The second-order valence-corrected chi connectivity index (χ2v) is 19.5. The van der Waals surface area contributed by atoms with E-state index in [1.165, 1.54) is 0 Å². The van der Waals surface area contributed by atoms with Crippen molar-refractivity contribution in [2.45, 2.75) is 237 Å². The molecule has 79 heavy (non-hydrogen) atoms. The van der Waals surface area contributed by atoms with Gasteiger partial charge < -0.3 is 39.0 Å². The molecule has 1 heterocycles. The van der Waals surface area contributed by atoms with Crippen molar-refractivity contribution in [2.75, 3.05) is 13.2 Å². The predicted octanol–water partition coefficient (Wildman–Crippen LogP) is 15.6. The van der Waals surface area contributed by atoms with E-state index in [1.54, 1.807) is 0 Å². The number of rotatable bonds is 48. The van der Waals surface area contributed by atoms with Crippen LogP contribution in [-0.4, -0.2) is 89.2 Å². The Hall–Kier alpha value is -5.40. The Morgan fingerprint density at radius 3 is 1.20 bits per heavy atom. The summed E-state index contributed by atoms with van der Waals surface area (Å²) in [4.78, 5) is 51.1. The van der Waals surface area contributed by atoms with E-state index in [0.29, 0.717) is 25.7 Å². The molecular weight excluding hydrogens is 997 g/mol. The van der Waals surface area contributed by atoms with Crippen molar-refractivity contribution < 1.29 is 58.2 Å². The van der Waals surface area contributed by atoms with Crippen molar-refractivity contribution in [3.05, 3.63) is 146 Å². The fourth-order valence-electron chi connectivity index (χ4n) is 7.95. The van der Waals surface area contributed by atoms with Crippen molar-refractivity contribution in [1.29, 1.82) is 0 Å². The van der Waals surface area contributed by atoms with E-state index in [1.807, 2.05) is 18.2 Å². The zero-order chi connectivity index (χ0) is 57.5. The molecule has 1 saturated heterocycles. The van der Waals surface area contributed by atoms with Crippen LogP contribution in [0.5, 0.6) is 0 Å². The van der Waals surface area contributed by atoms with Crippen molar-refractivity contribution in [3.8, 4) is 0 Å². The number of aliphatic carboxylic acids is 1. The Kier molecular flexibility index (Phi) is 48.3. The van der Waals surface area contributed by atoms with Crippen molar-refractivity contribution in [3.63, 3.8) is 0 Å². The van der Waals surface area contributed by atoms with E-state index in [-0.39, 0.29) is 25.9 Å². The highest BCUT2D eigenvalue weighted by Crippen LogP contribution is 2.26. The van der Waals surface area contributed by atoms with Crippen LogP contribution in [-0.2, 0) is 42.9 Å². The monoisotopic (exact) mass is 1100 g/mol. The van der Waals surface area contributed by atoms with Crippen LogP contribution in [0, 0.1) is 0 Å². The van der Waals surface area contributed by atoms with Crippen molar-refractivity contribution in [2.24, 2.45) is 0 Å². The summed E-state index contributed by atoms with van der Waals surface area (Å²) in [6.45, 7) is 5.58. The van der Waals surface area contributed by atoms with E-state index in [0.717, 1.165) is 135 Å². The first-order chi connectivity index (χ1) is 38.6. The van der Waals surface area contributed by atoms with Gasteiger partial charge in [-0.1, -0.05) is 205 Å². The van der Waals surface area contributed by atoms with Gasteiger partial charge in [0.1, 0.15) is 18.8 Å². The molecule has 6 atom stereocenters. The number of esters is 3. The van der Waals surface area contributed by atoms with Gasteiger partial charge >= 0.3 is 23.9 Å². The minimum Gasteiger partial charge on any atom is -0.479 e. The van der Waals surface area contributed by atoms with Crippen LogP contribution < -0.4 is 0 Å². The largest absolute Gasteiger partial charge is 0.479 e. The van der Waals surface area contributed by atoms with Crippen LogP contribution in [0.1, 0.15) is 201 Å². The summed E-state index contributed by atoms with van der Waals surface area (Å²) in [5, 5.41) is 31.5. The topological polar surface area (TPSA) is 175 Å². The number of carbonyl (C=O) groups excluding carboxylic acids is 3. The third-order valence-electron chi connectivity index (χ3n) is 12.4. The normalized spacial score (nSPS) is 18.9. The smallest absolute Gasteiger partial charge is 0.335 e. The van der Waals surface area contributed by atoms with E-state index < -0.39 is 67.3 Å². The first-order valence-electron chi connectivity index (χ1n) is 29.8. The van der Waals surface area contributed by atoms with Crippen LogP contribution in [0.25, 0.3) is 0 Å². The minimum atomic E-state index is -1.94. The first kappa shape index (κ1) is 71.6. The number of ether oxygens (including phenoxy) is 5. The van der Waals surface area contributed by atoms with Crippen LogP contribution in [0.15, 0.2) is 146 Å². The summed E-state index contributed by atoms with van der Waals surface area (Å²) >= 11 is 0. The third-order valence-corrected chi connectivity index (χ3v) is 12.4. The minimum absolute atomic E-state index is 0.0770. The highest BCUT2D eigenvalue weighted by atomic mass is 16.7. The van der Waals surface area contributed by atoms with Crippen molar-refractivity contribution >= 4 is 23.9 Å². The van der Waals surface area contributed by atoms with Gasteiger partial charge in [0, 0.05) is 19.3 Å². The molecule has 0 bridgehead atoms. The predicted molar refractivity (Wildman–Crippen MR) is 321 cm³/mol. The van der Waals surface area contributed by atoms with Gasteiger partial charge in [0.15, 0.2) is 24.6 Å². The number of hydrogen-bond donors (Lipinski definition) is 3. The maximum atomic E-state index is 13.2. The maximum Gasteiger partial charge on any atom is 0.335 e. The SMILES string of the molecule is CC/C=C\C/C=C\C/C=C\C/C=C\C/C=C\C/C=C\CCC(=O)OC1C(OCC(COC(=O)CCCCCCC/C=C\C/C=C\C/C=C\CC)OC(=O)CCCCCCC/C=C\C/C=C\C/C=C\CC)OC(C(=O)O)C(O)C1O. The second-order valence-electron chi connectivity index (χ2n) is 19.5. The van der Waals surface area contributed by atoms with Gasteiger partial charge in [-0.2, -0.15) is 0 Å². The molecule has 3 N–H and O–H groups in total. The molecular formula is C67H102O12. The van der Waals surface area contributed by atoms with Gasteiger partial charge in [-0.25, -0.2) is 4.79 Å². The lowest BCUT2D eigenvalue weighted by Gasteiger charge is -2.40. The van der Waals surface area contributed by atoms with E-state index in [9.17, 15) is 34.5 Å². The molecule has 1 aliphatic heterocycles. The average molecular weight is 1100 g/mol. The van der Waals surface area contributed by atoms with Gasteiger partial charge in [0.25, 0.3) is 0 Å². The molecule has 0 aromatic heterocycles. The van der Waals surface area contributed by atoms with Crippen LogP contribution in [0.2, 0.25) is 0 Å². The molecule has 6 unspecified atom stereocenters. The first-order valence-corrected chi connectivity index (χ1v) is 29.8. The zero-order valence-corrected chi connectivity index (χ0v) is 48.5. The number of carbonyl (C=O) groups is 4. The number of unbranched alkanes of at least 4 members (excludes halogenated alkanes) is 10. The molecule has 0 aromatic carbocycles. The Balaban J connectivity index is 2.76. The molecule has 0 amide bonds. The molecule has 12 heteroatoms. The molecule has 1 fully saturated rings. The van der Waals surface area contributed by atoms with Crippen molar-refractivity contribution in [1.82, 2.24) is 0 Å². The summed E-state index contributed by atoms with van der Waals surface area (Å²) in [7, 11) is 0. The molecule has 0 spiro atoms. The number of allylic oxidation sites excluding steroid dienone is 24. The Labute approximate surface area is 476 Å². The standard InChI is InChI=1S/C67H102O12/c1-4-7-10-13-16-19-22-25-28-29-30-31-34-37-40-43-46-49-52-55-61(70)78-65-63(72)62(71)64(66(73)74)79-67(65)76-57-58(77-60(69)54-51-48-45-42-39-36-33-27-24-21-18-15-12-9-6-3)56-75-59(68)53-50-47-44-41-38-35-32-26-23-20-17-14-11-8-5-2/h7-12,16-21,25-28,30-33,37,40,46,49,58,62-65,67,71-72H,4-6,13-15,22-24,29,34-36,38-39,41-45,47-48,50-57H2,1-3H3,(H,73,74)/b10-7-,11-8-,12-9-,19-16-,20-17-,21-18-,28-25-,31-30-,32-26-,33-27-,40-37-,49-46-. The van der Waals surface area contributed by atoms with E-state index >= 15 is 0 Å². The average Bonchev–Trinajstić information content (AvgIpc) is 3.44. The maximum absolute atomic E-state index is 13.2. The zero-order valence-electron chi connectivity index (χ0n) is 48.5. The highest BCUT2D eigenvalue weighted by Gasteiger charge is 2.50. The van der Waals surface area contributed by atoms with Gasteiger partial charge in [0.2, 0.25) is 0 Å². The molecule has 0 aliphatic carbocycles. The fourth-order valence-corrected chi connectivity index (χ4v) is 7.95. The molecule has 0 saturated carbocycles. The third kappa shape index (κ3) is 43.1. The summed E-state index contributed by atoms with van der Waals surface area (Å²) in [6.07, 6.45) is 63.9.